The number of urea groups is 1. The van der Waals surface area contributed by atoms with E-state index in [2.05, 4.69) is 15.6 Å². The van der Waals surface area contributed by atoms with E-state index in [-0.39, 0.29) is 11.9 Å². The number of rotatable bonds is 5. The Morgan fingerprint density at radius 2 is 1.92 bits per heavy atom. The summed E-state index contributed by atoms with van der Waals surface area (Å²) in [6.45, 7) is 5.96. The molecule has 3 amide bonds. The number of aromatic nitrogens is 1. The van der Waals surface area contributed by atoms with Crippen LogP contribution in [0.1, 0.15) is 33.3 Å². The fourth-order valence-electron chi connectivity index (χ4n) is 2.41. The van der Waals surface area contributed by atoms with Gasteiger partial charge in [-0.15, -0.1) is 0 Å². The number of amides is 3. The molecule has 25 heavy (non-hydrogen) atoms. The lowest BCUT2D eigenvalue weighted by Gasteiger charge is -2.14. The lowest BCUT2D eigenvalue weighted by Crippen LogP contribution is -2.31. The fourth-order valence-corrected chi connectivity index (χ4v) is 2.41. The highest BCUT2D eigenvalue weighted by Crippen LogP contribution is 2.17. The molecule has 0 saturated heterocycles. The molecule has 7 heteroatoms. The highest BCUT2D eigenvalue weighted by atomic mass is 16.4. The Balaban J connectivity index is 1.94. The largest absolute Gasteiger partial charge is 0.446 e. The first-order valence-corrected chi connectivity index (χ1v) is 8.08. The summed E-state index contributed by atoms with van der Waals surface area (Å²) in [5, 5.41) is 5.57. The molecule has 2 N–H and O–H groups in total. The van der Waals surface area contributed by atoms with Gasteiger partial charge in [0.2, 0.25) is 0 Å². The number of hydrogen-bond acceptors (Lipinski definition) is 4. The minimum absolute atomic E-state index is 0.111. The number of anilines is 1. The van der Waals surface area contributed by atoms with E-state index >= 15 is 0 Å². The molecule has 1 heterocycles. The first-order valence-electron chi connectivity index (χ1n) is 8.08. The molecule has 7 nitrogen and oxygen atoms in total. The summed E-state index contributed by atoms with van der Waals surface area (Å²) in [5.41, 5.74) is 2.86. The molecule has 2 rings (SSSR count). The van der Waals surface area contributed by atoms with Crippen LogP contribution in [-0.2, 0) is 6.42 Å². The minimum Gasteiger partial charge on any atom is -0.446 e. The summed E-state index contributed by atoms with van der Waals surface area (Å²) in [7, 11) is 3.38. The molecule has 0 unspecified atom stereocenters. The second-order valence-electron chi connectivity index (χ2n) is 6.10. The van der Waals surface area contributed by atoms with Crippen LogP contribution >= 0.6 is 0 Å². The van der Waals surface area contributed by atoms with Crippen LogP contribution < -0.4 is 10.6 Å². The molecule has 0 spiro atoms. The highest BCUT2D eigenvalue weighted by molar-refractivity contribution is 5.97. The van der Waals surface area contributed by atoms with Crippen molar-refractivity contribution in [1.29, 1.82) is 0 Å². The SMILES string of the molecule is Cc1nc(CCNC(=O)Nc2cc(C(=O)N(C)C)ccc2C)c(C)o1. The van der Waals surface area contributed by atoms with Crippen molar-refractivity contribution in [3.63, 3.8) is 0 Å². The first kappa shape index (κ1) is 18.5. The summed E-state index contributed by atoms with van der Waals surface area (Å²) in [6.07, 6.45) is 0.592. The van der Waals surface area contributed by atoms with E-state index in [1.807, 2.05) is 19.9 Å². The molecule has 1 aromatic carbocycles. The maximum Gasteiger partial charge on any atom is 0.319 e. The van der Waals surface area contributed by atoms with Gasteiger partial charge >= 0.3 is 6.03 Å². The number of nitrogens with one attached hydrogen (secondary N) is 2. The van der Waals surface area contributed by atoms with Crippen LogP contribution in [-0.4, -0.2) is 42.5 Å². The molecular weight excluding hydrogens is 320 g/mol. The topological polar surface area (TPSA) is 87.5 Å². The van der Waals surface area contributed by atoms with Gasteiger partial charge in [0.15, 0.2) is 5.89 Å². The van der Waals surface area contributed by atoms with E-state index in [4.69, 9.17) is 4.42 Å². The minimum atomic E-state index is -0.324. The Bertz CT molecular complexity index is 781. The standard InChI is InChI=1S/C18H24N4O3/c1-11-6-7-14(17(23)22(4)5)10-16(11)21-18(24)19-9-8-15-12(2)25-13(3)20-15/h6-7,10H,8-9H2,1-5H3,(H2,19,21,24). The molecule has 2 aromatic rings. The monoisotopic (exact) mass is 344 g/mol. The first-order chi connectivity index (χ1) is 11.8. The van der Waals surface area contributed by atoms with Gasteiger partial charge in [0, 0.05) is 45.2 Å². The van der Waals surface area contributed by atoms with Crippen LogP contribution in [0.2, 0.25) is 0 Å². The van der Waals surface area contributed by atoms with Crippen molar-refractivity contribution >= 4 is 17.6 Å². The van der Waals surface area contributed by atoms with E-state index in [0.29, 0.717) is 30.1 Å². The zero-order chi connectivity index (χ0) is 18.6. The number of carbonyl (C=O) groups is 2. The predicted molar refractivity (Wildman–Crippen MR) is 95.9 cm³/mol. The Hall–Kier alpha value is -2.83. The highest BCUT2D eigenvalue weighted by Gasteiger charge is 2.12. The third-order valence-electron chi connectivity index (χ3n) is 3.79. The summed E-state index contributed by atoms with van der Waals surface area (Å²) >= 11 is 0. The number of oxazole rings is 1. The van der Waals surface area contributed by atoms with Gasteiger partial charge < -0.3 is 20.0 Å². The number of carbonyl (C=O) groups excluding carboxylic acids is 2. The van der Waals surface area contributed by atoms with Crippen molar-refractivity contribution in [2.45, 2.75) is 27.2 Å². The van der Waals surface area contributed by atoms with Crippen LogP contribution in [0, 0.1) is 20.8 Å². The zero-order valence-corrected chi connectivity index (χ0v) is 15.3. The lowest BCUT2D eigenvalue weighted by molar-refractivity contribution is 0.0827. The van der Waals surface area contributed by atoms with Gasteiger partial charge in [0.1, 0.15) is 5.76 Å². The molecule has 134 valence electrons. The van der Waals surface area contributed by atoms with E-state index in [1.54, 1.807) is 33.2 Å². The van der Waals surface area contributed by atoms with E-state index < -0.39 is 0 Å². The van der Waals surface area contributed by atoms with E-state index in [1.165, 1.54) is 4.90 Å². The van der Waals surface area contributed by atoms with Crippen LogP contribution in [0.25, 0.3) is 0 Å². The predicted octanol–water partition coefficient (Wildman–Crippen LogP) is 2.67. The number of benzene rings is 1. The molecule has 0 aliphatic carbocycles. The van der Waals surface area contributed by atoms with Crippen molar-refractivity contribution in [2.75, 3.05) is 26.0 Å². The summed E-state index contributed by atoms with van der Waals surface area (Å²) < 4.78 is 5.36. The van der Waals surface area contributed by atoms with Crippen LogP contribution in [0.3, 0.4) is 0 Å². The maximum atomic E-state index is 12.1. The van der Waals surface area contributed by atoms with Crippen LogP contribution in [0.5, 0.6) is 0 Å². The van der Waals surface area contributed by atoms with Gasteiger partial charge in [0.25, 0.3) is 5.91 Å². The maximum absolute atomic E-state index is 12.1. The summed E-state index contributed by atoms with van der Waals surface area (Å²) in [6, 6.07) is 4.92. The van der Waals surface area contributed by atoms with Gasteiger partial charge in [-0.05, 0) is 31.5 Å². The Labute approximate surface area is 147 Å². The van der Waals surface area contributed by atoms with Gasteiger partial charge in [0.05, 0.1) is 5.69 Å². The smallest absolute Gasteiger partial charge is 0.319 e. The molecule has 0 fully saturated rings. The van der Waals surface area contributed by atoms with Crippen molar-refractivity contribution in [2.24, 2.45) is 0 Å². The Morgan fingerprint density at radius 1 is 1.20 bits per heavy atom. The van der Waals surface area contributed by atoms with Gasteiger partial charge in [-0.25, -0.2) is 9.78 Å². The van der Waals surface area contributed by atoms with Crippen LogP contribution in [0.4, 0.5) is 10.5 Å². The zero-order valence-electron chi connectivity index (χ0n) is 15.3. The number of hydrogen-bond donors (Lipinski definition) is 2. The third kappa shape index (κ3) is 4.82. The fraction of sp³-hybridized carbons (Fsp3) is 0.389. The normalized spacial score (nSPS) is 10.4. The average Bonchev–Trinajstić information content (AvgIpc) is 2.86. The van der Waals surface area contributed by atoms with Crippen molar-refractivity contribution in [1.82, 2.24) is 15.2 Å². The Morgan fingerprint density at radius 3 is 2.52 bits per heavy atom. The lowest BCUT2D eigenvalue weighted by atomic mass is 10.1. The molecule has 0 aliphatic heterocycles. The van der Waals surface area contributed by atoms with E-state index in [0.717, 1.165) is 17.0 Å². The van der Waals surface area contributed by atoms with E-state index in [9.17, 15) is 9.59 Å². The molecule has 1 aromatic heterocycles. The van der Waals surface area contributed by atoms with Gasteiger partial charge in [-0.1, -0.05) is 6.07 Å². The van der Waals surface area contributed by atoms with Crippen molar-refractivity contribution < 1.29 is 14.0 Å². The second-order valence-corrected chi connectivity index (χ2v) is 6.10. The molecular formula is C18H24N4O3. The van der Waals surface area contributed by atoms with Gasteiger partial charge in [-0.2, -0.15) is 0 Å². The molecule has 0 atom stereocenters. The molecule has 0 bridgehead atoms. The third-order valence-corrected chi connectivity index (χ3v) is 3.79. The second kappa shape index (κ2) is 7.83. The van der Waals surface area contributed by atoms with Crippen molar-refractivity contribution in [3.8, 4) is 0 Å². The average molecular weight is 344 g/mol. The number of nitrogens with zero attached hydrogens (tertiary/aromatic N) is 2. The summed E-state index contributed by atoms with van der Waals surface area (Å²) in [5.74, 6) is 1.28. The quantitative estimate of drug-likeness (QED) is 0.873. The molecule has 0 aliphatic rings. The summed E-state index contributed by atoms with van der Waals surface area (Å²) in [4.78, 5) is 29.9. The molecule has 0 radical (unpaired) electrons. The number of aryl methyl sites for hydroxylation is 3. The Kier molecular flexibility index (Phi) is 5.80. The van der Waals surface area contributed by atoms with Crippen molar-refractivity contribution in [3.05, 3.63) is 46.7 Å². The van der Waals surface area contributed by atoms with Gasteiger partial charge in [-0.3, -0.25) is 4.79 Å². The molecule has 0 saturated carbocycles. The van der Waals surface area contributed by atoms with Crippen LogP contribution in [0.15, 0.2) is 22.6 Å².